The first kappa shape index (κ1) is 15.7. The molecule has 3 aromatic rings. The van der Waals surface area contributed by atoms with Crippen LogP contribution < -0.4 is 5.32 Å². The molecule has 0 radical (unpaired) electrons. The number of carbonyl (C=O) groups is 1. The number of carbonyl (C=O) groups excluding carboxylic acids is 1. The first-order chi connectivity index (χ1) is 11.0. The maximum absolute atomic E-state index is 13.1. The molecule has 7 heteroatoms. The Kier molecular flexibility index (Phi) is 4.45. The van der Waals surface area contributed by atoms with Crippen molar-refractivity contribution in [2.45, 2.75) is 0 Å². The highest BCUT2D eigenvalue weighted by Crippen LogP contribution is 2.23. The van der Waals surface area contributed by atoms with Crippen LogP contribution >= 0.6 is 27.5 Å². The van der Waals surface area contributed by atoms with Crippen molar-refractivity contribution in [2.24, 2.45) is 0 Å². The molecule has 1 aromatic heterocycles. The Balaban J connectivity index is 1.93. The summed E-state index contributed by atoms with van der Waals surface area (Å²) in [7, 11) is 0. The number of anilines is 1. The molecule has 0 aliphatic carbocycles. The topological polar surface area (TPSA) is 46.9 Å². The number of nitrogens with zero attached hydrogens (tertiary/aromatic N) is 2. The first-order valence-corrected chi connectivity index (χ1v) is 7.77. The van der Waals surface area contributed by atoms with Crippen molar-refractivity contribution in [3.05, 3.63) is 75.7 Å². The molecule has 2 aromatic carbocycles. The first-order valence-electron chi connectivity index (χ1n) is 6.60. The van der Waals surface area contributed by atoms with Crippen LogP contribution in [-0.4, -0.2) is 15.7 Å². The van der Waals surface area contributed by atoms with E-state index in [-0.39, 0.29) is 10.6 Å². The minimum Gasteiger partial charge on any atom is -0.320 e. The maximum atomic E-state index is 13.1. The van der Waals surface area contributed by atoms with Gasteiger partial charge in [-0.15, -0.1) is 0 Å². The molecule has 1 N–H and O–H groups in total. The van der Waals surface area contributed by atoms with Crippen molar-refractivity contribution in [3.63, 3.8) is 0 Å². The van der Waals surface area contributed by atoms with Crippen molar-refractivity contribution in [1.29, 1.82) is 0 Å². The van der Waals surface area contributed by atoms with Gasteiger partial charge in [0.15, 0.2) is 0 Å². The lowest BCUT2D eigenvalue weighted by Gasteiger charge is -2.11. The number of halogens is 3. The zero-order chi connectivity index (χ0) is 16.4. The summed E-state index contributed by atoms with van der Waals surface area (Å²) < 4.78 is 15.5. The van der Waals surface area contributed by atoms with E-state index >= 15 is 0 Å². The maximum Gasteiger partial charge on any atom is 0.257 e. The highest BCUT2D eigenvalue weighted by Gasteiger charge is 2.14. The summed E-state index contributed by atoms with van der Waals surface area (Å²) in [5, 5.41) is 7.03. The summed E-state index contributed by atoms with van der Waals surface area (Å²) in [6, 6.07) is 10.8. The normalized spacial score (nSPS) is 10.6. The fraction of sp³-hybridized carbons (Fsp3) is 0. The number of nitrogens with one attached hydrogen (secondary N) is 1. The van der Waals surface area contributed by atoms with Gasteiger partial charge in [-0.2, -0.15) is 5.10 Å². The van der Waals surface area contributed by atoms with E-state index in [1.54, 1.807) is 29.2 Å². The summed E-state index contributed by atoms with van der Waals surface area (Å²) in [5.74, 6) is -0.915. The zero-order valence-corrected chi connectivity index (χ0v) is 14.0. The highest BCUT2D eigenvalue weighted by atomic mass is 79.9. The lowest BCUT2D eigenvalue weighted by Crippen LogP contribution is -2.14. The van der Waals surface area contributed by atoms with Gasteiger partial charge < -0.3 is 5.32 Å². The average molecular weight is 395 g/mol. The van der Waals surface area contributed by atoms with Gasteiger partial charge in [0.25, 0.3) is 5.91 Å². The van der Waals surface area contributed by atoms with Crippen molar-refractivity contribution in [1.82, 2.24) is 9.78 Å². The number of hydrogen-bond acceptors (Lipinski definition) is 2. The third-order valence-electron chi connectivity index (χ3n) is 3.13. The third kappa shape index (κ3) is 3.43. The standard InChI is InChI=1S/C16H10BrClFN3O/c17-10-8-20-22(9-10)15-4-2-1-3-14(15)21-16(23)12-6-5-11(19)7-13(12)18/h1-9H,(H,21,23). The van der Waals surface area contributed by atoms with Crippen LogP contribution in [0, 0.1) is 5.82 Å². The number of hydrogen-bond donors (Lipinski definition) is 1. The molecule has 0 unspecified atom stereocenters. The van der Waals surface area contributed by atoms with Crippen LogP contribution in [0.15, 0.2) is 59.3 Å². The van der Waals surface area contributed by atoms with E-state index in [9.17, 15) is 9.18 Å². The van der Waals surface area contributed by atoms with E-state index in [1.165, 1.54) is 12.1 Å². The number of rotatable bonds is 3. The average Bonchev–Trinajstić information content (AvgIpc) is 2.94. The molecule has 3 rings (SSSR count). The molecule has 0 spiro atoms. The van der Waals surface area contributed by atoms with Gasteiger partial charge >= 0.3 is 0 Å². The fourth-order valence-corrected chi connectivity index (χ4v) is 2.61. The van der Waals surface area contributed by atoms with Crippen LogP contribution in [0.5, 0.6) is 0 Å². The number of para-hydroxylation sites is 2. The number of aromatic nitrogens is 2. The number of benzene rings is 2. The molecule has 0 bridgehead atoms. The van der Waals surface area contributed by atoms with Crippen LogP contribution in [-0.2, 0) is 0 Å². The van der Waals surface area contributed by atoms with E-state index in [0.29, 0.717) is 11.4 Å². The molecule has 0 fully saturated rings. The van der Waals surface area contributed by atoms with Crippen LogP contribution in [0.1, 0.15) is 10.4 Å². The van der Waals surface area contributed by atoms with Gasteiger partial charge in [0, 0.05) is 6.20 Å². The Morgan fingerprint density at radius 1 is 1.26 bits per heavy atom. The van der Waals surface area contributed by atoms with Crippen LogP contribution in [0.25, 0.3) is 5.69 Å². The van der Waals surface area contributed by atoms with Crippen LogP contribution in [0.4, 0.5) is 10.1 Å². The minimum absolute atomic E-state index is 0.0572. The summed E-state index contributed by atoms with van der Waals surface area (Å²) in [6.07, 6.45) is 3.42. The molecular formula is C16H10BrClFN3O. The van der Waals surface area contributed by atoms with Crippen molar-refractivity contribution in [3.8, 4) is 5.69 Å². The molecule has 0 aliphatic heterocycles. The fourth-order valence-electron chi connectivity index (χ4n) is 2.07. The Bertz CT molecular complexity index is 881. The van der Waals surface area contributed by atoms with Crippen molar-refractivity contribution in [2.75, 3.05) is 5.32 Å². The minimum atomic E-state index is -0.492. The molecule has 1 heterocycles. The third-order valence-corrected chi connectivity index (χ3v) is 3.85. The lowest BCUT2D eigenvalue weighted by atomic mass is 10.2. The van der Waals surface area contributed by atoms with E-state index in [2.05, 4.69) is 26.3 Å². The van der Waals surface area contributed by atoms with Crippen molar-refractivity contribution < 1.29 is 9.18 Å². The molecule has 0 saturated heterocycles. The Labute approximate surface area is 145 Å². The summed E-state index contributed by atoms with van der Waals surface area (Å²) in [6.45, 7) is 0. The zero-order valence-electron chi connectivity index (χ0n) is 11.6. The highest BCUT2D eigenvalue weighted by molar-refractivity contribution is 9.10. The van der Waals surface area contributed by atoms with E-state index in [1.807, 2.05) is 12.1 Å². The molecular weight excluding hydrogens is 385 g/mol. The molecule has 0 atom stereocenters. The predicted molar refractivity (Wildman–Crippen MR) is 90.6 cm³/mol. The van der Waals surface area contributed by atoms with Crippen molar-refractivity contribution >= 4 is 39.1 Å². The van der Waals surface area contributed by atoms with Crippen LogP contribution in [0.2, 0.25) is 5.02 Å². The van der Waals surface area contributed by atoms with Gasteiger partial charge in [-0.1, -0.05) is 23.7 Å². The molecule has 116 valence electrons. The van der Waals surface area contributed by atoms with E-state index in [0.717, 1.165) is 10.5 Å². The second kappa shape index (κ2) is 6.52. The second-order valence-corrected chi connectivity index (χ2v) is 6.02. The summed E-state index contributed by atoms with van der Waals surface area (Å²) in [5.41, 5.74) is 1.46. The smallest absolute Gasteiger partial charge is 0.257 e. The van der Waals surface area contributed by atoms with Gasteiger partial charge in [0.2, 0.25) is 0 Å². The summed E-state index contributed by atoms with van der Waals surface area (Å²) in [4.78, 5) is 12.4. The molecule has 0 aliphatic rings. The number of amides is 1. The van der Waals surface area contributed by atoms with Gasteiger partial charge in [-0.05, 0) is 46.3 Å². The predicted octanol–water partition coefficient (Wildman–Crippen LogP) is 4.68. The largest absolute Gasteiger partial charge is 0.320 e. The second-order valence-electron chi connectivity index (χ2n) is 4.70. The quantitative estimate of drug-likeness (QED) is 0.701. The lowest BCUT2D eigenvalue weighted by molar-refractivity contribution is 0.102. The van der Waals surface area contributed by atoms with Crippen LogP contribution in [0.3, 0.4) is 0 Å². The Morgan fingerprint density at radius 2 is 2.04 bits per heavy atom. The monoisotopic (exact) mass is 393 g/mol. The molecule has 4 nitrogen and oxygen atoms in total. The SMILES string of the molecule is O=C(Nc1ccccc1-n1cc(Br)cn1)c1ccc(F)cc1Cl. The Hall–Kier alpha value is -2.18. The molecule has 0 saturated carbocycles. The van der Waals surface area contributed by atoms with Gasteiger partial charge in [-0.3, -0.25) is 4.79 Å². The van der Waals surface area contributed by atoms with Gasteiger partial charge in [0.05, 0.1) is 32.6 Å². The molecule has 23 heavy (non-hydrogen) atoms. The van der Waals surface area contributed by atoms with Gasteiger partial charge in [-0.25, -0.2) is 9.07 Å². The van der Waals surface area contributed by atoms with Gasteiger partial charge in [0.1, 0.15) is 5.82 Å². The Morgan fingerprint density at radius 3 is 2.74 bits per heavy atom. The van der Waals surface area contributed by atoms with E-state index < -0.39 is 11.7 Å². The summed E-state index contributed by atoms with van der Waals surface area (Å²) >= 11 is 9.26. The van der Waals surface area contributed by atoms with E-state index in [4.69, 9.17) is 11.6 Å². The molecule has 1 amide bonds.